The fourth-order valence-corrected chi connectivity index (χ4v) is 3.58. The molecule has 5 heteroatoms. The first-order chi connectivity index (χ1) is 10.8. The third-order valence-electron chi connectivity index (χ3n) is 4.80. The summed E-state index contributed by atoms with van der Waals surface area (Å²) in [7, 11) is 1.91. The predicted molar refractivity (Wildman–Crippen MR) is 90.3 cm³/mol. The van der Waals surface area contributed by atoms with Crippen molar-refractivity contribution in [3.8, 4) is 5.88 Å². The number of rotatable bonds is 2. The van der Waals surface area contributed by atoms with Gasteiger partial charge in [-0.2, -0.15) is 0 Å². The lowest BCUT2D eigenvalue weighted by atomic mass is 10.1. The van der Waals surface area contributed by atoms with Gasteiger partial charge in [0.1, 0.15) is 0 Å². The maximum absolute atomic E-state index is 10.6. The molecular weight excluding hydrogens is 276 g/mol. The number of aromatic hydroxyl groups is 1. The van der Waals surface area contributed by atoms with Crippen LogP contribution in [0.4, 0.5) is 5.69 Å². The fourth-order valence-electron chi connectivity index (χ4n) is 3.58. The molecule has 116 valence electrons. The smallest absolute Gasteiger partial charge is 0.201 e. The number of hydrogen-bond donors (Lipinski definition) is 2. The number of fused-ring (bicyclic) bond motifs is 1. The maximum Gasteiger partial charge on any atom is 0.201 e. The molecule has 0 radical (unpaired) electrons. The van der Waals surface area contributed by atoms with E-state index in [0.717, 1.165) is 54.9 Å². The summed E-state index contributed by atoms with van der Waals surface area (Å²) < 4.78 is 1.86. The van der Waals surface area contributed by atoms with Crippen LogP contribution in [0.2, 0.25) is 0 Å². The van der Waals surface area contributed by atoms with Gasteiger partial charge in [0, 0.05) is 44.3 Å². The molecule has 0 bridgehead atoms. The number of benzene rings is 1. The molecule has 0 atom stereocenters. The van der Waals surface area contributed by atoms with Crippen molar-refractivity contribution < 1.29 is 5.11 Å². The summed E-state index contributed by atoms with van der Waals surface area (Å²) in [4.78, 5) is 7.04. The van der Waals surface area contributed by atoms with Crippen LogP contribution in [0, 0.1) is 0 Å². The number of hydrogen-bond acceptors (Lipinski definition) is 4. The summed E-state index contributed by atoms with van der Waals surface area (Å²) in [6.07, 6.45) is 2.53. The Balaban J connectivity index is 1.88. The van der Waals surface area contributed by atoms with Gasteiger partial charge in [-0.1, -0.05) is 0 Å². The first-order valence-electron chi connectivity index (χ1n) is 8.06. The molecule has 0 unspecified atom stereocenters. The molecule has 22 heavy (non-hydrogen) atoms. The van der Waals surface area contributed by atoms with Gasteiger partial charge >= 0.3 is 0 Å². The summed E-state index contributed by atoms with van der Waals surface area (Å²) in [5.41, 5.74) is 4.17. The normalized spacial score (nSPS) is 19.0. The van der Waals surface area contributed by atoms with Crippen molar-refractivity contribution in [2.24, 2.45) is 12.0 Å². The van der Waals surface area contributed by atoms with Crippen LogP contribution in [-0.2, 0) is 7.05 Å². The lowest BCUT2D eigenvalue weighted by Crippen LogP contribution is -2.31. The van der Waals surface area contributed by atoms with E-state index in [-0.39, 0.29) is 0 Å². The second kappa shape index (κ2) is 5.32. The Labute approximate surface area is 130 Å². The van der Waals surface area contributed by atoms with Crippen LogP contribution in [-0.4, -0.2) is 48.1 Å². The second-order valence-electron chi connectivity index (χ2n) is 6.16. The van der Waals surface area contributed by atoms with Gasteiger partial charge < -0.3 is 19.9 Å². The highest BCUT2D eigenvalue weighted by Gasteiger charge is 2.22. The number of nitrogens with one attached hydrogen (secondary N) is 1. The van der Waals surface area contributed by atoms with Crippen LogP contribution < -0.4 is 10.2 Å². The minimum Gasteiger partial charge on any atom is -0.494 e. The van der Waals surface area contributed by atoms with Crippen LogP contribution >= 0.6 is 0 Å². The molecule has 1 saturated heterocycles. The van der Waals surface area contributed by atoms with Crippen molar-refractivity contribution in [3.63, 3.8) is 0 Å². The Kier molecular flexibility index (Phi) is 3.30. The van der Waals surface area contributed by atoms with Crippen LogP contribution in [0.3, 0.4) is 0 Å². The summed E-state index contributed by atoms with van der Waals surface area (Å²) in [6.45, 7) is 4.66. The molecule has 5 nitrogen and oxygen atoms in total. The molecule has 1 aromatic carbocycles. The number of nitrogens with zero attached hydrogens (tertiary/aromatic N) is 3. The van der Waals surface area contributed by atoms with Crippen LogP contribution in [0.5, 0.6) is 5.88 Å². The van der Waals surface area contributed by atoms with Crippen molar-refractivity contribution in [3.05, 3.63) is 23.8 Å². The fraction of sp³-hybridized carbons (Fsp3) is 0.471. The molecule has 3 heterocycles. The largest absolute Gasteiger partial charge is 0.494 e. The van der Waals surface area contributed by atoms with Crippen molar-refractivity contribution in [2.75, 3.05) is 37.6 Å². The van der Waals surface area contributed by atoms with E-state index < -0.39 is 0 Å². The molecule has 0 aliphatic carbocycles. The van der Waals surface area contributed by atoms with Crippen molar-refractivity contribution >= 4 is 22.3 Å². The van der Waals surface area contributed by atoms with E-state index in [1.165, 1.54) is 18.5 Å². The van der Waals surface area contributed by atoms with Gasteiger partial charge in [-0.3, -0.25) is 4.99 Å². The highest BCUT2D eigenvalue weighted by molar-refractivity contribution is 6.15. The molecule has 2 aliphatic heterocycles. The standard InChI is InChI=1S/C17H22N4O/c1-20-15-5-4-12(21-8-2-3-9-21)10-13(15)16(17(20)22)14-11-18-6-7-19-14/h4-5,10,18,22H,2-3,6-9,11H2,1H3. The Hall–Kier alpha value is -2.01. The highest BCUT2D eigenvalue weighted by Crippen LogP contribution is 2.34. The van der Waals surface area contributed by atoms with E-state index >= 15 is 0 Å². The molecular formula is C17H22N4O. The van der Waals surface area contributed by atoms with Crippen molar-refractivity contribution in [2.45, 2.75) is 12.8 Å². The third kappa shape index (κ3) is 2.08. The molecule has 1 aromatic heterocycles. The third-order valence-corrected chi connectivity index (χ3v) is 4.80. The van der Waals surface area contributed by atoms with E-state index in [1.54, 1.807) is 0 Å². The first kappa shape index (κ1) is 13.6. The lowest BCUT2D eigenvalue weighted by Gasteiger charge is -2.18. The summed E-state index contributed by atoms with van der Waals surface area (Å²) >= 11 is 0. The first-order valence-corrected chi connectivity index (χ1v) is 8.06. The van der Waals surface area contributed by atoms with Gasteiger partial charge in [0.05, 0.1) is 23.3 Å². The maximum atomic E-state index is 10.6. The second-order valence-corrected chi connectivity index (χ2v) is 6.16. The van der Waals surface area contributed by atoms with E-state index in [9.17, 15) is 5.11 Å². The molecule has 0 saturated carbocycles. The number of aromatic nitrogens is 1. The van der Waals surface area contributed by atoms with Gasteiger partial charge in [0.2, 0.25) is 5.88 Å². The number of anilines is 1. The Morgan fingerprint density at radius 2 is 2.05 bits per heavy atom. The van der Waals surface area contributed by atoms with E-state index in [4.69, 9.17) is 0 Å². The predicted octanol–water partition coefficient (Wildman–Crippen LogP) is 1.88. The van der Waals surface area contributed by atoms with E-state index in [0.29, 0.717) is 5.88 Å². The van der Waals surface area contributed by atoms with Gasteiger partial charge in [-0.25, -0.2) is 0 Å². The summed E-state index contributed by atoms with van der Waals surface area (Å²) in [6, 6.07) is 6.49. The lowest BCUT2D eigenvalue weighted by molar-refractivity contribution is 0.434. The zero-order chi connectivity index (χ0) is 15.1. The minimum atomic E-state index is 0.316. The Morgan fingerprint density at radius 1 is 1.23 bits per heavy atom. The number of aliphatic imine (C=N–C) groups is 1. The molecule has 0 spiro atoms. The quantitative estimate of drug-likeness (QED) is 0.890. The van der Waals surface area contributed by atoms with Gasteiger partial charge in [0.15, 0.2) is 0 Å². The average Bonchev–Trinajstić information content (AvgIpc) is 3.17. The molecule has 2 N–H and O–H groups in total. The minimum absolute atomic E-state index is 0.316. The highest BCUT2D eigenvalue weighted by atomic mass is 16.3. The summed E-state index contributed by atoms with van der Waals surface area (Å²) in [5.74, 6) is 0.316. The Morgan fingerprint density at radius 3 is 2.77 bits per heavy atom. The molecule has 4 rings (SSSR count). The van der Waals surface area contributed by atoms with Crippen molar-refractivity contribution in [1.82, 2.24) is 9.88 Å². The molecule has 0 amide bonds. The summed E-state index contributed by atoms with van der Waals surface area (Å²) in [5, 5.41) is 15.0. The van der Waals surface area contributed by atoms with Gasteiger partial charge in [0.25, 0.3) is 0 Å². The van der Waals surface area contributed by atoms with E-state index in [1.807, 2.05) is 11.6 Å². The van der Waals surface area contributed by atoms with Gasteiger partial charge in [-0.05, 0) is 31.0 Å². The number of aryl methyl sites for hydroxylation is 1. The molecule has 2 aromatic rings. The molecule has 1 fully saturated rings. The van der Waals surface area contributed by atoms with Crippen LogP contribution in [0.15, 0.2) is 23.2 Å². The van der Waals surface area contributed by atoms with Gasteiger partial charge in [-0.15, -0.1) is 0 Å². The van der Waals surface area contributed by atoms with Crippen LogP contribution in [0.25, 0.3) is 10.9 Å². The van der Waals surface area contributed by atoms with Crippen LogP contribution in [0.1, 0.15) is 18.4 Å². The topological polar surface area (TPSA) is 52.8 Å². The average molecular weight is 298 g/mol. The van der Waals surface area contributed by atoms with Crippen molar-refractivity contribution in [1.29, 1.82) is 0 Å². The Bertz CT molecular complexity index is 741. The zero-order valence-corrected chi connectivity index (χ0v) is 13.0. The SMILES string of the molecule is Cn1c(O)c(C2=NCCNC2)c2cc(N3CCCC3)ccc21. The molecule has 2 aliphatic rings. The monoisotopic (exact) mass is 298 g/mol. The van der Waals surface area contributed by atoms with E-state index in [2.05, 4.69) is 33.4 Å². The zero-order valence-electron chi connectivity index (χ0n) is 13.0.